The number of hydrogen-bond acceptors (Lipinski definition) is 6. The maximum atomic E-state index is 12.3. The first-order chi connectivity index (χ1) is 9.52. The van der Waals surface area contributed by atoms with E-state index in [9.17, 15) is 19.2 Å². The van der Waals surface area contributed by atoms with Gasteiger partial charge in [-0.05, 0) is 0 Å². The Kier molecular flexibility index (Phi) is 3.47. The van der Waals surface area contributed by atoms with Gasteiger partial charge in [-0.15, -0.1) is 0 Å². The van der Waals surface area contributed by atoms with Gasteiger partial charge < -0.3 is 9.47 Å². The van der Waals surface area contributed by atoms with Crippen LogP contribution in [0.2, 0.25) is 0 Å². The van der Waals surface area contributed by atoms with Gasteiger partial charge in [-0.25, -0.2) is 9.59 Å². The third-order valence-corrected chi connectivity index (χ3v) is 2.90. The molecule has 0 saturated heterocycles. The number of methoxy groups -OCH3 is 2. The standard InChI is InChI=1S/C14H10O6/c1-19-13(17)9-10(14(18)20-2)12(16)8-6-4-3-5-7(8)11(9)15/h3-6H,1-2H3. The Hall–Kier alpha value is -2.76. The lowest BCUT2D eigenvalue weighted by atomic mass is 9.84. The van der Waals surface area contributed by atoms with Crippen molar-refractivity contribution in [2.45, 2.75) is 0 Å². The van der Waals surface area contributed by atoms with E-state index in [-0.39, 0.29) is 11.1 Å². The van der Waals surface area contributed by atoms with Gasteiger partial charge in [0.1, 0.15) is 11.1 Å². The van der Waals surface area contributed by atoms with E-state index in [1.165, 1.54) is 12.1 Å². The molecule has 0 atom stereocenters. The van der Waals surface area contributed by atoms with Gasteiger partial charge in [0.05, 0.1) is 14.2 Å². The molecule has 0 fully saturated rings. The molecule has 1 aromatic rings. The summed E-state index contributed by atoms with van der Waals surface area (Å²) in [4.78, 5) is 48.0. The lowest BCUT2D eigenvalue weighted by Gasteiger charge is -2.17. The Bertz CT molecular complexity index is 611. The smallest absolute Gasteiger partial charge is 0.342 e. The minimum absolute atomic E-state index is 0.0607. The Balaban J connectivity index is 2.75. The van der Waals surface area contributed by atoms with Crippen LogP contribution in [0.15, 0.2) is 35.4 Å². The third kappa shape index (κ3) is 1.91. The van der Waals surface area contributed by atoms with E-state index < -0.39 is 34.7 Å². The number of rotatable bonds is 2. The predicted molar refractivity (Wildman–Crippen MR) is 66.2 cm³/mol. The van der Waals surface area contributed by atoms with Crippen molar-refractivity contribution in [1.82, 2.24) is 0 Å². The summed E-state index contributed by atoms with van der Waals surface area (Å²) in [6.07, 6.45) is 0. The van der Waals surface area contributed by atoms with Crippen molar-refractivity contribution in [3.05, 3.63) is 46.5 Å². The van der Waals surface area contributed by atoms with E-state index in [4.69, 9.17) is 0 Å². The highest BCUT2D eigenvalue weighted by molar-refractivity contribution is 6.41. The van der Waals surface area contributed by atoms with E-state index in [0.717, 1.165) is 14.2 Å². The average molecular weight is 274 g/mol. The molecule has 1 aliphatic rings. The molecule has 2 rings (SSSR count). The molecule has 6 nitrogen and oxygen atoms in total. The maximum absolute atomic E-state index is 12.3. The van der Waals surface area contributed by atoms with Crippen molar-refractivity contribution >= 4 is 23.5 Å². The summed E-state index contributed by atoms with van der Waals surface area (Å²) in [5, 5.41) is 0. The number of hydrogen-bond donors (Lipinski definition) is 0. The molecule has 0 aromatic heterocycles. The van der Waals surface area contributed by atoms with Gasteiger partial charge in [0, 0.05) is 11.1 Å². The highest BCUT2D eigenvalue weighted by Gasteiger charge is 2.40. The second-order valence-corrected chi connectivity index (χ2v) is 3.94. The third-order valence-electron chi connectivity index (χ3n) is 2.90. The van der Waals surface area contributed by atoms with Crippen LogP contribution < -0.4 is 0 Å². The number of ether oxygens (including phenoxy) is 2. The molecule has 0 bridgehead atoms. The van der Waals surface area contributed by atoms with E-state index in [2.05, 4.69) is 9.47 Å². The van der Waals surface area contributed by atoms with Crippen molar-refractivity contribution in [2.75, 3.05) is 14.2 Å². The Labute approximate surface area is 114 Å². The van der Waals surface area contributed by atoms with Crippen LogP contribution in [0.5, 0.6) is 0 Å². The van der Waals surface area contributed by atoms with Crippen LogP contribution in [0.4, 0.5) is 0 Å². The minimum atomic E-state index is -1.04. The number of benzene rings is 1. The largest absolute Gasteiger partial charge is 0.465 e. The van der Waals surface area contributed by atoms with Gasteiger partial charge >= 0.3 is 11.9 Å². The van der Waals surface area contributed by atoms with Gasteiger partial charge in [0.15, 0.2) is 0 Å². The van der Waals surface area contributed by atoms with E-state index in [1.807, 2.05) is 0 Å². The molecule has 0 aliphatic heterocycles. The Morgan fingerprint density at radius 2 is 1.15 bits per heavy atom. The summed E-state index contributed by atoms with van der Waals surface area (Å²) in [5.74, 6) is -3.54. The molecule has 0 spiro atoms. The van der Waals surface area contributed by atoms with Crippen LogP contribution in [0, 0.1) is 0 Å². The molecular formula is C14H10O6. The Morgan fingerprint density at radius 1 is 0.800 bits per heavy atom. The number of ketones is 2. The quantitative estimate of drug-likeness (QED) is 0.583. The predicted octanol–water partition coefficient (Wildman–Crippen LogP) is 0.708. The van der Waals surface area contributed by atoms with Gasteiger partial charge in [-0.3, -0.25) is 9.59 Å². The number of Topliss-reactive ketones (excluding diaryl/α,β-unsaturated/α-hetero) is 2. The molecule has 6 heteroatoms. The van der Waals surface area contributed by atoms with Gasteiger partial charge in [-0.2, -0.15) is 0 Å². The van der Waals surface area contributed by atoms with Crippen molar-refractivity contribution in [3.63, 3.8) is 0 Å². The van der Waals surface area contributed by atoms with Crippen LogP contribution in [0.3, 0.4) is 0 Å². The normalized spacial score (nSPS) is 13.9. The van der Waals surface area contributed by atoms with Crippen molar-refractivity contribution in [1.29, 1.82) is 0 Å². The highest BCUT2D eigenvalue weighted by Crippen LogP contribution is 2.27. The lowest BCUT2D eigenvalue weighted by molar-refractivity contribution is -0.138. The summed E-state index contributed by atoms with van der Waals surface area (Å²) >= 11 is 0. The van der Waals surface area contributed by atoms with Gasteiger partial charge in [0.2, 0.25) is 11.6 Å². The summed E-state index contributed by atoms with van der Waals surface area (Å²) in [6, 6.07) is 5.93. The molecule has 102 valence electrons. The average Bonchev–Trinajstić information content (AvgIpc) is 2.49. The molecular weight excluding hydrogens is 264 g/mol. The number of carbonyl (C=O) groups is 4. The van der Waals surface area contributed by atoms with Crippen molar-refractivity contribution < 1.29 is 28.7 Å². The Morgan fingerprint density at radius 3 is 1.45 bits per heavy atom. The van der Waals surface area contributed by atoms with E-state index in [0.29, 0.717) is 0 Å². The molecule has 0 unspecified atom stereocenters. The fraction of sp³-hybridized carbons (Fsp3) is 0.143. The molecule has 0 N–H and O–H groups in total. The molecule has 0 amide bonds. The summed E-state index contributed by atoms with van der Waals surface area (Å²) in [7, 11) is 2.12. The first-order valence-corrected chi connectivity index (χ1v) is 5.62. The van der Waals surface area contributed by atoms with Crippen LogP contribution in [0.25, 0.3) is 0 Å². The highest BCUT2D eigenvalue weighted by atomic mass is 16.5. The molecule has 1 aromatic carbocycles. The van der Waals surface area contributed by atoms with Gasteiger partial charge in [-0.1, -0.05) is 24.3 Å². The molecule has 0 saturated carbocycles. The summed E-state index contributed by atoms with van der Waals surface area (Å²) < 4.78 is 8.94. The number of fused-ring (bicyclic) bond motifs is 1. The van der Waals surface area contributed by atoms with Gasteiger partial charge in [0.25, 0.3) is 0 Å². The fourth-order valence-corrected chi connectivity index (χ4v) is 1.97. The van der Waals surface area contributed by atoms with Crippen LogP contribution in [0.1, 0.15) is 20.7 Å². The number of carbonyl (C=O) groups excluding carboxylic acids is 4. The second-order valence-electron chi connectivity index (χ2n) is 3.94. The van der Waals surface area contributed by atoms with Crippen molar-refractivity contribution in [2.24, 2.45) is 0 Å². The zero-order valence-corrected chi connectivity index (χ0v) is 10.8. The monoisotopic (exact) mass is 274 g/mol. The zero-order chi connectivity index (χ0) is 14.9. The van der Waals surface area contributed by atoms with E-state index in [1.54, 1.807) is 12.1 Å². The minimum Gasteiger partial charge on any atom is -0.465 e. The number of esters is 2. The van der Waals surface area contributed by atoms with Crippen LogP contribution in [-0.2, 0) is 19.1 Å². The molecule has 1 aliphatic carbocycles. The molecule has 20 heavy (non-hydrogen) atoms. The van der Waals surface area contributed by atoms with E-state index >= 15 is 0 Å². The van der Waals surface area contributed by atoms with Crippen LogP contribution in [-0.4, -0.2) is 37.7 Å². The molecule has 0 heterocycles. The first-order valence-electron chi connectivity index (χ1n) is 5.62. The zero-order valence-electron chi connectivity index (χ0n) is 10.8. The maximum Gasteiger partial charge on any atom is 0.342 e. The lowest BCUT2D eigenvalue weighted by Crippen LogP contribution is -2.31. The second kappa shape index (κ2) is 5.08. The SMILES string of the molecule is COC(=O)C1=C(C(=O)OC)C(=O)c2ccccc2C1=O. The summed E-state index contributed by atoms with van der Waals surface area (Å²) in [6.45, 7) is 0. The topological polar surface area (TPSA) is 86.7 Å². The molecule has 0 radical (unpaired) electrons. The first kappa shape index (κ1) is 13.7. The van der Waals surface area contributed by atoms with Crippen LogP contribution >= 0.6 is 0 Å². The fourth-order valence-electron chi connectivity index (χ4n) is 1.97. The summed E-state index contributed by atoms with van der Waals surface area (Å²) in [5.41, 5.74) is -1.07. The van der Waals surface area contributed by atoms with Crippen molar-refractivity contribution in [3.8, 4) is 0 Å².